The van der Waals surface area contributed by atoms with Crippen molar-refractivity contribution in [2.45, 2.75) is 130 Å². The van der Waals surface area contributed by atoms with E-state index in [9.17, 15) is 56.4 Å². The van der Waals surface area contributed by atoms with Crippen LogP contribution in [0.2, 0.25) is 0 Å². The molecule has 5 aromatic heterocycles. The maximum absolute atomic E-state index is 13.2. The van der Waals surface area contributed by atoms with E-state index < -0.39 is 11.9 Å². The standard InChI is InChI=1S/C26H22FNO2.C25H20FNO3.C24H17BrFNO3.C24H19BrFNO.C19H16FNO2.4CH4/c1-17-12-23(18(2)29)24-14-21(13-19-8-10-22(27)11-9-19)15-28-25(24)26(17)30-16-20-6-4-3-5-7-20;1-16-11-22(25(28)29)21-13-19(12-17-7-9-20(26)10-8-17)14-27-23(21)24(16)30-15-18-5-3-2-4-6-18;25-21-12-20(24(28)29)23(30-14-16-4-2-1-3-5-16)22-19(21)11-17(13-27-22)10-15-6-8-18(26)9-7-15;1-16-11-22(25)21-13-19(12-17-7-9-20(26)10-8-17)14-27-23(21)24(16)28-15-18-5-3-2-4-6-18;1-11-7-16(12(2)22)17-9-14(10-21-18(17)19(11)23)8-13-3-5-15(20)6-4-13;;;;/h3-12,14-15H,13,16H2,1-2H3;2-11,13-14H,12,15H2,1H3,(H,28,29);1-9,11-13H,10,14H2,(H,28,29);2-11,13-14H,12,15H2,1H3;3-7,9-10,23H,8H2,1-2H3;4*1H4. The highest BCUT2D eigenvalue weighted by Gasteiger charge is 2.24. The Morgan fingerprint density at radius 3 is 0.779 bits per heavy atom. The number of hydrogen-bond acceptors (Lipinski definition) is 14. The lowest BCUT2D eigenvalue weighted by Gasteiger charge is -2.15. The van der Waals surface area contributed by atoms with Gasteiger partial charge in [-0.25, -0.2) is 31.5 Å². The van der Waals surface area contributed by atoms with Gasteiger partial charge >= 0.3 is 11.9 Å². The second kappa shape index (κ2) is 51.1. The number of carbonyl (C=O) groups is 4. The first kappa shape index (κ1) is 109. The van der Waals surface area contributed by atoms with E-state index in [1.165, 1.54) is 73.7 Å². The second-order valence-electron chi connectivity index (χ2n) is 34.0. The molecule has 0 aliphatic heterocycles. The average Bonchev–Trinajstić information content (AvgIpc) is 0.777. The van der Waals surface area contributed by atoms with E-state index in [4.69, 9.17) is 23.9 Å². The van der Waals surface area contributed by atoms with Crippen molar-refractivity contribution in [3.8, 4) is 28.7 Å². The van der Waals surface area contributed by atoms with Gasteiger partial charge in [-0.05, 0) is 295 Å². The molecule has 0 fully saturated rings. The minimum absolute atomic E-state index is 0. The number of halogens is 7. The first-order chi connectivity index (χ1) is 68.1. The molecule has 0 unspecified atom stereocenters. The number of carbonyl (C=O) groups excluding carboxylic acids is 2. The molecule has 0 saturated carbocycles. The highest BCUT2D eigenvalue weighted by molar-refractivity contribution is 9.11. The van der Waals surface area contributed by atoms with Crippen LogP contribution in [0.5, 0.6) is 28.7 Å². The summed E-state index contributed by atoms with van der Waals surface area (Å²) in [5.41, 5.74) is 21.3. The van der Waals surface area contributed by atoms with Crippen LogP contribution in [0.25, 0.3) is 54.5 Å². The molecule has 19 aromatic rings. The highest BCUT2D eigenvalue weighted by Crippen LogP contribution is 2.41. The third kappa shape index (κ3) is 28.5. The molecular formula is C122H110Br2F5N5O11. The summed E-state index contributed by atoms with van der Waals surface area (Å²) in [5, 5.41) is 33.2. The fourth-order valence-corrected chi connectivity index (χ4v) is 17.4. The van der Waals surface area contributed by atoms with Crippen molar-refractivity contribution in [2.24, 2.45) is 0 Å². The van der Waals surface area contributed by atoms with Crippen LogP contribution in [0, 0.1) is 56.8 Å². The summed E-state index contributed by atoms with van der Waals surface area (Å²) in [6.45, 7) is 12.1. The number of aromatic hydroxyl groups is 1. The zero-order valence-electron chi connectivity index (χ0n) is 77.6. The van der Waals surface area contributed by atoms with E-state index in [0.29, 0.717) is 117 Å². The number of Topliss-reactive ketones (excluding diaryl/α,β-unsaturated/α-hetero) is 2. The van der Waals surface area contributed by atoms with Crippen molar-refractivity contribution < 1.29 is 75.4 Å². The maximum atomic E-state index is 13.2. The minimum atomic E-state index is -1.09. The Morgan fingerprint density at radius 2 is 0.490 bits per heavy atom. The average molecular weight is 2080 g/mol. The molecule has 16 nitrogen and oxygen atoms in total. The van der Waals surface area contributed by atoms with Gasteiger partial charge in [-0.1, -0.05) is 244 Å². The normalized spacial score (nSPS) is 10.6. The number of fused-ring (bicyclic) bond motifs is 5. The maximum Gasteiger partial charge on any atom is 0.339 e. The van der Waals surface area contributed by atoms with Gasteiger partial charge in [-0.15, -0.1) is 0 Å². The fourth-order valence-electron chi connectivity index (χ4n) is 16.2. The molecule has 0 amide bonds. The Morgan fingerprint density at radius 1 is 0.262 bits per heavy atom. The van der Waals surface area contributed by atoms with Gasteiger partial charge in [0.1, 0.15) is 112 Å². The zero-order valence-corrected chi connectivity index (χ0v) is 80.8. The number of aromatic carboxylic acids is 2. The molecule has 23 heteroatoms. The molecule has 0 aliphatic carbocycles. The summed E-state index contributed by atoms with van der Waals surface area (Å²) >= 11 is 7.13. The van der Waals surface area contributed by atoms with Gasteiger partial charge in [-0.2, -0.15) is 0 Å². The van der Waals surface area contributed by atoms with Gasteiger partial charge in [0.15, 0.2) is 17.3 Å². The van der Waals surface area contributed by atoms with Crippen LogP contribution >= 0.6 is 31.9 Å². The summed E-state index contributed by atoms with van der Waals surface area (Å²) in [7, 11) is 0. The third-order valence-electron chi connectivity index (χ3n) is 23.3. The van der Waals surface area contributed by atoms with Crippen LogP contribution in [0.3, 0.4) is 0 Å². The molecule has 0 spiro atoms. The van der Waals surface area contributed by atoms with Crippen molar-refractivity contribution >= 4 is 110 Å². The van der Waals surface area contributed by atoms with Gasteiger partial charge in [0, 0.05) is 78.0 Å². The summed E-state index contributed by atoms with van der Waals surface area (Å²) < 4.78 is 91.4. The number of pyridine rings is 5. The lowest BCUT2D eigenvalue weighted by Crippen LogP contribution is -2.05. The largest absolute Gasteiger partial charge is 0.505 e. The van der Waals surface area contributed by atoms with Gasteiger partial charge in [-0.3, -0.25) is 34.5 Å². The van der Waals surface area contributed by atoms with Crippen LogP contribution in [0.4, 0.5) is 22.0 Å². The molecule has 0 aliphatic rings. The molecule has 738 valence electrons. The van der Waals surface area contributed by atoms with Crippen LogP contribution in [-0.2, 0) is 58.5 Å². The molecule has 5 heterocycles. The molecular weight excluding hydrogens is 1970 g/mol. The number of hydrogen-bond donors (Lipinski definition) is 3. The van der Waals surface area contributed by atoms with Crippen LogP contribution in [0.1, 0.15) is 185 Å². The monoisotopic (exact) mass is 2070 g/mol. The molecule has 19 rings (SSSR count). The highest BCUT2D eigenvalue weighted by atomic mass is 79.9. The summed E-state index contributed by atoms with van der Waals surface area (Å²) in [5.74, 6) is -1.12. The Hall–Kier alpha value is -16.0. The first-order valence-corrected chi connectivity index (χ1v) is 46.7. The minimum Gasteiger partial charge on any atom is -0.505 e. The predicted octanol–water partition coefficient (Wildman–Crippen LogP) is 30.9. The Labute approximate surface area is 857 Å². The van der Waals surface area contributed by atoms with E-state index >= 15 is 0 Å². The number of rotatable bonds is 26. The van der Waals surface area contributed by atoms with E-state index in [1.807, 2.05) is 179 Å². The smallest absolute Gasteiger partial charge is 0.339 e. The van der Waals surface area contributed by atoms with Crippen LogP contribution < -0.4 is 18.9 Å². The number of ether oxygens (including phenoxy) is 4. The number of phenolic OH excluding ortho intramolecular Hbond substituents is 1. The Bertz CT molecular complexity index is 7560. The number of aryl methyl sites for hydroxylation is 4. The van der Waals surface area contributed by atoms with Crippen molar-refractivity contribution in [3.63, 3.8) is 0 Å². The SMILES string of the molecule is C.C.C.C.CC(=O)c1cc(C)c(O)c2ncc(Cc3ccc(F)cc3)cc12.CC(=O)c1cc(C)c(OCc2ccccc2)c2ncc(Cc3ccc(F)cc3)cc12.Cc1cc(Br)c2cc(Cc3ccc(F)cc3)cnc2c1OCc1ccccc1.Cc1cc(C(=O)O)c2cc(Cc3ccc(F)cc3)cnc2c1OCc1ccccc1.O=C(O)c1cc(Br)c2cc(Cc3ccc(F)cc3)cnc2c1OCc1ccccc1. The topological polar surface area (TPSA) is 230 Å². The quantitative estimate of drug-likeness (QED) is 0.0338. The van der Waals surface area contributed by atoms with Gasteiger partial charge in [0.2, 0.25) is 0 Å². The molecule has 145 heavy (non-hydrogen) atoms. The summed E-state index contributed by atoms with van der Waals surface area (Å²) in [4.78, 5) is 70.6. The lowest BCUT2D eigenvalue weighted by atomic mass is 9.98. The molecule has 0 radical (unpaired) electrons. The van der Waals surface area contributed by atoms with Crippen molar-refractivity contribution in [1.29, 1.82) is 0 Å². The molecule has 3 N–H and O–H groups in total. The first-order valence-electron chi connectivity index (χ1n) is 45.1. The van der Waals surface area contributed by atoms with Gasteiger partial charge < -0.3 is 34.3 Å². The Kier molecular flexibility index (Phi) is 38.6. The number of carboxylic acids is 2. The number of ketones is 2. The van der Waals surface area contributed by atoms with E-state index in [-0.39, 0.29) is 99.6 Å². The number of phenols is 1. The third-order valence-corrected chi connectivity index (χ3v) is 24.6. The fraction of sp³-hybridized carbons (Fsp3) is 0.156. The molecule has 0 saturated heterocycles. The van der Waals surface area contributed by atoms with Crippen LogP contribution in [-0.4, -0.2) is 63.7 Å². The van der Waals surface area contributed by atoms with E-state index in [0.717, 1.165) is 126 Å². The lowest BCUT2D eigenvalue weighted by molar-refractivity contribution is 0.0684. The van der Waals surface area contributed by atoms with Crippen molar-refractivity contribution in [1.82, 2.24) is 24.9 Å². The summed E-state index contributed by atoms with van der Waals surface area (Å²) in [6.07, 6.45) is 11.7. The number of aromatic nitrogens is 5. The number of nitrogens with zero attached hydrogens (tertiary/aromatic N) is 5. The molecule has 0 bridgehead atoms. The van der Waals surface area contributed by atoms with Gasteiger partial charge in [0.05, 0.1) is 5.56 Å². The van der Waals surface area contributed by atoms with Crippen molar-refractivity contribution in [2.75, 3.05) is 0 Å². The predicted molar refractivity (Wildman–Crippen MR) is 575 cm³/mol. The number of carboxylic acid groups (broad SMARTS) is 2. The Balaban J connectivity index is 0.000000172. The van der Waals surface area contributed by atoms with E-state index in [1.54, 1.807) is 111 Å². The number of benzene rings is 14. The van der Waals surface area contributed by atoms with Crippen LogP contribution in [0.15, 0.2) is 343 Å². The zero-order chi connectivity index (χ0) is 99.3. The van der Waals surface area contributed by atoms with E-state index in [2.05, 4.69) is 63.9 Å². The van der Waals surface area contributed by atoms with Gasteiger partial charge in [0.25, 0.3) is 0 Å². The summed E-state index contributed by atoms with van der Waals surface area (Å²) in [6, 6.07) is 89.6. The molecule has 0 atom stereocenters. The molecule has 14 aromatic carbocycles. The second-order valence-corrected chi connectivity index (χ2v) is 35.7. The van der Waals surface area contributed by atoms with Crippen molar-refractivity contribution in [3.05, 3.63) is 495 Å².